The summed E-state index contributed by atoms with van der Waals surface area (Å²) in [6.45, 7) is -1.13. The van der Waals surface area contributed by atoms with Crippen molar-refractivity contribution >= 4 is 5.97 Å². The van der Waals surface area contributed by atoms with Crippen molar-refractivity contribution in [2.75, 3.05) is 6.67 Å². The van der Waals surface area contributed by atoms with Gasteiger partial charge < -0.3 is 9.84 Å². The van der Waals surface area contributed by atoms with Gasteiger partial charge in [0.2, 0.25) is 0 Å². The van der Waals surface area contributed by atoms with Gasteiger partial charge in [-0.15, -0.1) is 0 Å². The Morgan fingerprint density at radius 1 is 1.73 bits per heavy atom. The van der Waals surface area contributed by atoms with Crippen LogP contribution in [0, 0.1) is 0 Å². The van der Waals surface area contributed by atoms with Gasteiger partial charge in [-0.3, -0.25) is 0 Å². The Labute approximate surface area is 60.8 Å². The molecule has 0 saturated carbocycles. The van der Waals surface area contributed by atoms with Crippen molar-refractivity contribution in [3.8, 4) is 0 Å². The highest BCUT2D eigenvalue weighted by Gasteiger charge is 2.34. The van der Waals surface area contributed by atoms with Gasteiger partial charge in [0.1, 0.15) is 0 Å². The Morgan fingerprint density at radius 3 is 2.45 bits per heavy atom. The Kier molecular flexibility index (Phi) is 3.31. The molecule has 0 aliphatic carbocycles. The predicted octanol–water partition coefficient (Wildman–Crippen LogP) is 1.04. The fourth-order valence-electron chi connectivity index (χ4n) is 0.341. The Morgan fingerprint density at radius 2 is 2.18 bits per heavy atom. The normalized spacial score (nSPS) is 14.5. The number of carboxylic acid groups (broad SMARTS) is 1. The molecular weight excluding hydrogens is 165 g/mol. The fourth-order valence-corrected chi connectivity index (χ4v) is 0.341. The van der Waals surface area contributed by atoms with Crippen LogP contribution in [0.1, 0.15) is 6.92 Å². The second-order valence-electron chi connectivity index (χ2n) is 1.87. The zero-order chi connectivity index (χ0) is 9.07. The van der Waals surface area contributed by atoms with Crippen molar-refractivity contribution in [1.82, 2.24) is 0 Å². The molecule has 0 aliphatic rings. The van der Waals surface area contributed by atoms with Crippen molar-refractivity contribution in [2.24, 2.45) is 0 Å². The average Bonchev–Trinajstić information content (AvgIpc) is 1.87. The van der Waals surface area contributed by atoms with E-state index >= 15 is 0 Å². The van der Waals surface area contributed by atoms with E-state index in [4.69, 9.17) is 5.11 Å². The second-order valence-corrected chi connectivity index (χ2v) is 1.87. The minimum absolute atomic E-state index is 0.895. The Bertz CT molecular complexity index is 148. The first-order valence-electron chi connectivity index (χ1n) is 2.73. The summed E-state index contributed by atoms with van der Waals surface area (Å²) in [4.78, 5) is 9.91. The number of hydrogen-bond acceptors (Lipinski definition) is 2. The monoisotopic (exact) mass is 172 g/mol. The van der Waals surface area contributed by atoms with E-state index in [0.29, 0.717) is 0 Å². The quantitative estimate of drug-likeness (QED) is 0.689. The topological polar surface area (TPSA) is 46.5 Å². The van der Waals surface area contributed by atoms with E-state index < -0.39 is 24.9 Å². The maximum atomic E-state index is 11.9. The maximum absolute atomic E-state index is 11.9. The van der Waals surface area contributed by atoms with Crippen LogP contribution in [0.4, 0.5) is 13.2 Å². The lowest BCUT2D eigenvalue weighted by Gasteiger charge is -2.15. The SMILES string of the molecule is CC(OC(F)(F)CF)C(=O)O. The van der Waals surface area contributed by atoms with E-state index in [-0.39, 0.29) is 0 Å². The van der Waals surface area contributed by atoms with E-state index in [1.807, 2.05) is 0 Å². The number of ether oxygens (including phenoxy) is 1. The molecule has 0 aromatic carbocycles. The van der Waals surface area contributed by atoms with E-state index in [1.54, 1.807) is 0 Å². The molecule has 66 valence electrons. The Hall–Kier alpha value is -0.780. The molecule has 6 heteroatoms. The summed E-state index contributed by atoms with van der Waals surface area (Å²) in [5.74, 6) is -1.56. The molecule has 0 radical (unpaired) electrons. The molecule has 1 N–H and O–H groups in total. The van der Waals surface area contributed by atoms with Crippen LogP contribution in [-0.2, 0) is 9.53 Å². The third-order valence-corrected chi connectivity index (χ3v) is 0.853. The van der Waals surface area contributed by atoms with Gasteiger partial charge in [-0.05, 0) is 6.92 Å². The molecular formula is C5H7F3O3. The molecule has 0 amide bonds. The van der Waals surface area contributed by atoms with Crippen molar-refractivity contribution in [3.05, 3.63) is 0 Å². The van der Waals surface area contributed by atoms with Gasteiger partial charge in [-0.2, -0.15) is 8.78 Å². The second kappa shape index (κ2) is 3.56. The van der Waals surface area contributed by atoms with E-state index in [1.165, 1.54) is 0 Å². The molecule has 0 bridgehead atoms. The lowest BCUT2D eigenvalue weighted by atomic mass is 10.4. The van der Waals surface area contributed by atoms with Crippen molar-refractivity contribution < 1.29 is 27.8 Å². The van der Waals surface area contributed by atoms with Crippen LogP contribution >= 0.6 is 0 Å². The third kappa shape index (κ3) is 3.82. The first-order chi connectivity index (χ1) is 4.89. The van der Waals surface area contributed by atoms with Crippen LogP contribution in [0.2, 0.25) is 0 Å². The predicted molar refractivity (Wildman–Crippen MR) is 29.1 cm³/mol. The van der Waals surface area contributed by atoms with Crippen LogP contribution in [0.25, 0.3) is 0 Å². The van der Waals surface area contributed by atoms with Crippen LogP contribution in [0.3, 0.4) is 0 Å². The Balaban J connectivity index is 3.93. The minimum atomic E-state index is -4.00. The zero-order valence-electron chi connectivity index (χ0n) is 5.68. The van der Waals surface area contributed by atoms with E-state index in [2.05, 4.69) is 4.74 Å². The summed E-state index contributed by atoms with van der Waals surface area (Å²) in [5.41, 5.74) is 0. The summed E-state index contributed by atoms with van der Waals surface area (Å²) >= 11 is 0. The molecule has 0 aliphatic heterocycles. The molecule has 0 spiro atoms. The van der Waals surface area contributed by atoms with Gasteiger partial charge in [0.05, 0.1) is 0 Å². The summed E-state index contributed by atoms with van der Waals surface area (Å²) in [6.07, 6.45) is -5.71. The molecule has 0 saturated heterocycles. The molecule has 0 aromatic rings. The van der Waals surface area contributed by atoms with Gasteiger partial charge >= 0.3 is 12.1 Å². The fraction of sp³-hybridized carbons (Fsp3) is 0.800. The highest BCUT2D eigenvalue weighted by atomic mass is 19.3. The van der Waals surface area contributed by atoms with Crippen LogP contribution in [0.15, 0.2) is 0 Å². The molecule has 1 unspecified atom stereocenters. The van der Waals surface area contributed by atoms with Gasteiger partial charge in [0, 0.05) is 0 Å². The van der Waals surface area contributed by atoms with Gasteiger partial charge in [0.15, 0.2) is 12.8 Å². The van der Waals surface area contributed by atoms with Crippen molar-refractivity contribution in [2.45, 2.75) is 19.1 Å². The molecule has 3 nitrogen and oxygen atoms in total. The van der Waals surface area contributed by atoms with E-state index in [0.717, 1.165) is 6.92 Å². The van der Waals surface area contributed by atoms with Crippen LogP contribution < -0.4 is 0 Å². The van der Waals surface area contributed by atoms with Crippen LogP contribution in [0.5, 0.6) is 0 Å². The molecule has 0 fully saturated rings. The van der Waals surface area contributed by atoms with Gasteiger partial charge in [-0.25, -0.2) is 9.18 Å². The van der Waals surface area contributed by atoms with Crippen molar-refractivity contribution in [1.29, 1.82) is 0 Å². The van der Waals surface area contributed by atoms with Gasteiger partial charge in [-0.1, -0.05) is 0 Å². The molecule has 11 heavy (non-hydrogen) atoms. The summed E-state index contributed by atoms with van der Waals surface area (Å²) < 4.78 is 38.7. The number of alkyl halides is 3. The molecule has 0 rings (SSSR count). The minimum Gasteiger partial charge on any atom is -0.479 e. The van der Waals surface area contributed by atoms with Crippen molar-refractivity contribution in [3.63, 3.8) is 0 Å². The molecule has 0 aromatic heterocycles. The first kappa shape index (κ1) is 10.2. The number of rotatable bonds is 4. The highest BCUT2D eigenvalue weighted by molar-refractivity contribution is 5.71. The lowest BCUT2D eigenvalue weighted by Crippen LogP contribution is -2.32. The number of carbonyl (C=O) groups is 1. The smallest absolute Gasteiger partial charge is 0.384 e. The third-order valence-electron chi connectivity index (χ3n) is 0.853. The number of carboxylic acids is 1. The number of aliphatic carboxylic acids is 1. The molecule has 0 heterocycles. The van der Waals surface area contributed by atoms with Crippen LogP contribution in [-0.4, -0.2) is 30.0 Å². The van der Waals surface area contributed by atoms with E-state index in [9.17, 15) is 18.0 Å². The highest BCUT2D eigenvalue weighted by Crippen LogP contribution is 2.17. The number of halogens is 3. The standard InChI is InChI=1S/C5H7F3O3/c1-3(4(9)10)11-5(7,8)2-6/h3H,2H2,1H3,(H,9,10). The lowest BCUT2D eigenvalue weighted by molar-refractivity contribution is -0.266. The first-order valence-corrected chi connectivity index (χ1v) is 2.73. The summed E-state index contributed by atoms with van der Waals surface area (Å²) in [5, 5.41) is 8.06. The number of hydrogen-bond donors (Lipinski definition) is 1. The average molecular weight is 172 g/mol. The summed E-state index contributed by atoms with van der Waals surface area (Å²) in [6, 6.07) is 0. The maximum Gasteiger partial charge on any atom is 0.384 e. The van der Waals surface area contributed by atoms with Gasteiger partial charge in [0.25, 0.3) is 0 Å². The molecule has 1 atom stereocenters. The summed E-state index contributed by atoms with van der Waals surface area (Å²) in [7, 11) is 0. The largest absolute Gasteiger partial charge is 0.479 e. The zero-order valence-corrected chi connectivity index (χ0v) is 5.68.